The molecule has 4 heteroatoms. The first kappa shape index (κ1) is 16.2. The van der Waals surface area contributed by atoms with Crippen molar-refractivity contribution in [3.63, 3.8) is 0 Å². The van der Waals surface area contributed by atoms with Crippen LogP contribution in [0.2, 0.25) is 0 Å². The van der Waals surface area contributed by atoms with Crippen molar-refractivity contribution in [1.29, 1.82) is 0 Å². The minimum absolute atomic E-state index is 0.236. The van der Waals surface area contributed by atoms with E-state index in [4.69, 9.17) is 0 Å². The maximum Gasteiger partial charge on any atom is 0.178 e. The van der Waals surface area contributed by atoms with Crippen LogP contribution in [0.3, 0.4) is 0 Å². The largest absolute Gasteiger partial charge is 0.316 e. The highest BCUT2D eigenvalue weighted by Crippen LogP contribution is 2.13. The molecule has 0 aromatic heterocycles. The zero-order valence-electron chi connectivity index (χ0n) is 12.1. The number of rotatable bonds is 8. The van der Waals surface area contributed by atoms with E-state index in [1.165, 1.54) is 0 Å². The van der Waals surface area contributed by atoms with Crippen molar-refractivity contribution in [2.45, 2.75) is 38.5 Å². The zero-order chi connectivity index (χ0) is 14.3. The molecular formula is C15H25NO2S. The monoisotopic (exact) mass is 283 g/mol. The number of hydrogen-bond acceptors (Lipinski definition) is 3. The lowest BCUT2D eigenvalue weighted by molar-refractivity contribution is 0.538. The summed E-state index contributed by atoms with van der Waals surface area (Å²) < 4.78 is 24.1. The van der Waals surface area contributed by atoms with Crippen LogP contribution < -0.4 is 5.32 Å². The van der Waals surface area contributed by atoms with E-state index in [0.29, 0.717) is 17.2 Å². The van der Waals surface area contributed by atoms with Crippen molar-refractivity contribution in [2.75, 3.05) is 18.8 Å². The third-order valence-electron chi connectivity index (χ3n) is 2.95. The summed E-state index contributed by atoms with van der Waals surface area (Å²) in [5.74, 6) is 0.871. The lowest BCUT2D eigenvalue weighted by atomic mass is 10.2. The molecule has 0 aliphatic heterocycles. The summed E-state index contributed by atoms with van der Waals surface area (Å²) in [6.07, 6.45) is 1.61. The second kappa shape index (κ2) is 7.65. The van der Waals surface area contributed by atoms with Crippen LogP contribution in [-0.2, 0) is 9.84 Å². The van der Waals surface area contributed by atoms with Gasteiger partial charge in [-0.1, -0.05) is 31.5 Å². The summed E-state index contributed by atoms with van der Waals surface area (Å²) >= 11 is 0. The molecule has 0 bridgehead atoms. The third kappa shape index (κ3) is 6.21. The number of aryl methyl sites for hydroxylation is 1. The van der Waals surface area contributed by atoms with Crippen LogP contribution in [0.1, 0.15) is 32.3 Å². The van der Waals surface area contributed by atoms with Crippen LogP contribution in [-0.4, -0.2) is 27.3 Å². The Hall–Kier alpha value is -0.870. The molecule has 0 spiro atoms. The highest BCUT2D eigenvalue weighted by Gasteiger charge is 2.13. The van der Waals surface area contributed by atoms with Gasteiger partial charge in [-0.3, -0.25) is 0 Å². The fraction of sp³-hybridized carbons (Fsp3) is 0.600. The van der Waals surface area contributed by atoms with E-state index in [1.807, 2.05) is 19.1 Å². The van der Waals surface area contributed by atoms with E-state index >= 15 is 0 Å². The molecule has 0 unspecified atom stereocenters. The van der Waals surface area contributed by atoms with E-state index in [9.17, 15) is 8.42 Å². The molecule has 1 N–H and O–H groups in total. The lowest BCUT2D eigenvalue weighted by Crippen LogP contribution is -2.21. The maximum atomic E-state index is 12.1. The number of hydrogen-bond donors (Lipinski definition) is 1. The SMILES string of the molecule is Cc1ccc(S(=O)(=O)CCCCNCC(C)C)cc1. The van der Waals surface area contributed by atoms with Crippen LogP contribution in [0.5, 0.6) is 0 Å². The van der Waals surface area contributed by atoms with Crippen LogP contribution in [0.4, 0.5) is 0 Å². The highest BCUT2D eigenvalue weighted by atomic mass is 32.2. The summed E-state index contributed by atoms with van der Waals surface area (Å²) in [4.78, 5) is 0.438. The molecule has 108 valence electrons. The van der Waals surface area contributed by atoms with Crippen LogP contribution in [0.25, 0.3) is 0 Å². The quantitative estimate of drug-likeness (QED) is 0.746. The molecule has 1 rings (SSSR count). The third-order valence-corrected chi connectivity index (χ3v) is 4.77. The van der Waals surface area contributed by atoms with E-state index in [1.54, 1.807) is 12.1 Å². The van der Waals surface area contributed by atoms with Crippen molar-refractivity contribution in [1.82, 2.24) is 5.32 Å². The van der Waals surface area contributed by atoms with Gasteiger partial charge in [0.05, 0.1) is 10.6 Å². The number of nitrogens with one attached hydrogen (secondary N) is 1. The molecule has 0 fully saturated rings. The second-order valence-electron chi connectivity index (χ2n) is 5.44. The van der Waals surface area contributed by atoms with E-state index in [0.717, 1.165) is 25.1 Å². The van der Waals surface area contributed by atoms with Gasteiger partial charge in [-0.2, -0.15) is 0 Å². The lowest BCUT2D eigenvalue weighted by Gasteiger charge is -2.08. The van der Waals surface area contributed by atoms with E-state index in [-0.39, 0.29) is 5.75 Å². The Bertz CT molecular complexity index is 463. The Morgan fingerprint density at radius 2 is 1.74 bits per heavy atom. The van der Waals surface area contributed by atoms with Gasteiger partial charge in [0.15, 0.2) is 9.84 Å². The molecule has 3 nitrogen and oxygen atoms in total. The number of benzene rings is 1. The molecular weight excluding hydrogens is 258 g/mol. The second-order valence-corrected chi connectivity index (χ2v) is 7.55. The number of unbranched alkanes of at least 4 members (excludes halogenated alkanes) is 1. The molecule has 0 aliphatic rings. The molecule has 19 heavy (non-hydrogen) atoms. The van der Waals surface area contributed by atoms with Crippen LogP contribution >= 0.6 is 0 Å². The van der Waals surface area contributed by atoms with Gasteiger partial charge in [0, 0.05) is 0 Å². The van der Waals surface area contributed by atoms with E-state index in [2.05, 4.69) is 19.2 Å². The summed E-state index contributed by atoms with van der Waals surface area (Å²) in [5, 5.41) is 3.32. The Morgan fingerprint density at radius 3 is 2.32 bits per heavy atom. The van der Waals surface area contributed by atoms with Gasteiger partial charge in [0.2, 0.25) is 0 Å². The Morgan fingerprint density at radius 1 is 1.11 bits per heavy atom. The highest BCUT2D eigenvalue weighted by molar-refractivity contribution is 7.91. The first-order valence-corrected chi connectivity index (χ1v) is 8.57. The van der Waals surface area contributed by atoms with Crippen LogP contribution in [0, 0.1) is 12.8 Å². The topological polar surface area (TPSA) is 46.2 Å². The van der Waals surface area contributed by atoms with Gasteiger partial charge in [0.1, 0.15) is 0 Å². The molecule has 0 radical (unpaired) electrons. The van der Waals surface area contributed by atoms with Gasteiger partial charge in [0.25, 0.3) is 0 Å². The molecule has 0 saturated heterocycles. The van der Waals surface area contributed by atoms with Gasteiger partial charge < -0.3 is 5.32 Å². The van der Waals surface area contributed by atoms with Crippen molar-refractivity contribution >= 4 is 9.84 Å². The van der Waals surface area contributed by atoms with Crippen molar-refractivity contribution in [3.05, 3.63) is 29.8 Å². The van der Waals surface area contributed by atoms with Gasteiger partial charge in [-0.05, 0) is 50.9 Å². The first-order chi connectivity index (χ1) is 8.92. The molecule has 0 amide bonds. The van der Waals surface area contributed by atoms with Crippen molar-refractivity contribution < 1.29 is 8.42 Å². The summed E-state index contributed by atoms with van der Waals surface area (Å²) in [6.45, 7) is 8.16. The zero-order valence-corrected chi connectivity index (χ0v) is 13.0. The van der Waals surface area contributed by atoms with Crippen molar-refractivity contribution in [2.24, 2.45) is 5.92 Å². The Kier molecular flexibility index (Phi) is 6.52. The Balaban J connectivity index is 2.33. The van der Waals surface area contributed by atoms with Crippen LogP contribution in [0.15, 0.2) is 29.2 Å². The minimum Gasteiger partial charge on any atom is -0.316 e. The van der Waals surface area contributed by atoms with Gasteiger partial charge in [-0.25, -0.2) is 8.42 Å². The molecule has 0 saturated carbocycles. The normalized spacial score (nSPS) is 12.0. The smallest absolute Gasteiger partial charge is 0.178 e. The fourth-order valence-corrected chi connectivity index (χ4v) is 3.17. The van der Waals surface area contributed by atoms with Gasteiger partial charge in [-0.15, -0.1) is 0 Å². The average Bonchev–Trinajstić information content (AvgIpc) is 2.34. The number of sulfone groups is 1. The molecule has 1 aromatic carbocycles. The maximum absolute atomic E-state index is 12.1. The fourth-order valence-electron chi connectivity index (χ4n) is 1.80. The van der Waals surface area contributed by atoms with Gasteiger partial charge >= 0.3 is 0 Å². The average molecular weight is 283 g/mol. The summed E-state index contributed by atoms with van der Waals surface area (Å²) in [6, 6.07) is 7.08. The Labute approximate surface area is 117 Å². The molecule has 0 aliphatic carbocycles. The molecule has 1 aromatic rings. The predicted molar refractivity (Wildman–Crippen MR) is 80.2 cm³/mol. The van der Waals surface area contributed by atoms with E-state index < -0.39 is 9.84 Å². The molecule has 0 heterocycles. The first-order valence-electron chi connectivity index (χ1n) is 6.92. The molecule has 0 atom stereocenters. The predicted octanol–water partition coefficient (Wildman–Crippen LogP) is 2.79. The summed E-state index contributed by atoms with van der Waals surface area (Å²) in [7, 11) is -3.11. The standard InChI is InChI=1S/C15H25NO2S/c1-13(2)12-16-10-4-5-11-19(17,18)15-8-6-14(3)7-9-15/h6-9,13,16H,4-5,10-12H2,1-3H3. The van der Waals surface area contributed by atoms with Crippen molar-refractivity contribution in [3.8, 4) is 0 Å². The summed E-state index contributed by atoms with van der Waals surface area (Å²) in [5.41, 5.74) is 1.08. The minimum atomic E-state index is -3.11.